The molecule has 1 atom stereocenters. The molecule has 1 saturated heterocycles. The van der Waals surface area contributed by atoms with Crippen LogP contribution in [-0.4, -0.2) is 29.7 Å². The van der Waals surface area contributed by atoms with E-state index in [1.807, 2.05) is 0 Å². The van der Waals surface area contributed by atoms with Crippen LogP contribution in [-0.2, 0) is 9.47 Å². The van der Waals surface area contributed by atoms with Crippen molar-refractivity contribution in [2.24, 2.45) is 0 Å². The summed E-state index contributed by atoms with van der Waals surface area (Å²) in [5.74, 6) is 0. The second-order valence-corrected chi connectivity index (χ2v) is 6.41. The number of halogens is 1. The minimum absolute atomic E-state index is 0.0358. The van der Waals surface area contributed by atoms with E-state index in [4.69, 9.17) is 9.47 Å². The summed E-state index contributed by atoms with van der Waals surface area (Å²) in [7, 11) is 0. The topological polar surface area (TPSA) is 18.5 Å². The van der Waals surface area contributed by atoms with Crippen molar-refractivity contribution < 1.29 is 9.47 Å². The molecule has 0 amide bonds. The molecule has 1 heterocycles. The van der Waals surface area contributed by atoms with Gasteiger partial charge in [0.2, 0.25) is 0 Å². The Morgan fingerprint density at radius 3 is 2.44 bits per heavy atom. The molecule has 0 radical (unpaired) electrons. The van der Waals surface area contributed by atoms with E-state index in [-0.39, 0.29) is 11.2 Å². The molecule has 0 unspecified atom stereocenters. The fraction of sp³-hybridized carbons (Fsp3) is 1.00. The highest BCUT2D eigenvalue weighted by Crippen LogP contribution is 2.37. The van der Waals surface area contributed by atoms with Crippen LogP contribution in [0, 0.1) is 0 Å². The van der Waals surface area contributed by atoms with Gasteiger partial charge < -0.3 is 9.47 Å². The van der Waals surface area contributed by atoms with Crippen LogP contribution in [0.2, 0.25) is 0 Å². The molecule has 3 heteroatoms. The van der Waals surface area contributed by atoms with Gasteiger partial charge in [-0.2, -0.15) is 0 Å². The highest BCUT2D eigenvalue weighted by atomic mass is 79.9. The van der Waals surface area contributed by atoms with Crippen LogP contribution in [0.1, 0.15) is 52.9 Å². The largest absolute Gasteiger partial charge is 0.378 e. The molecule has 0 aromatic heterocycles. The van der Waals surface area contributed by atoms with E-state index in [0.29, 0.717) is 0 Å². The Morgan fingerprint density at radius 2 is 1.88 bits per heavy atom. The molecular weight excluding hydrogens is 268 g/mol. The molecule has 0 N–H and O–H groups in total. The summed E-state index contributed by atoms with van der Waals surface area (Å²) < 4.78 is 11.8. The summed E-state index contributed by atoms with van der Waals surface area (Å²) in [6.45, 7) is 8.10. The molecule has 16 heavy (non-hydrogen) atoms. The van der Waals surface area contributed by atoms with E-state index in [1.54, 1.807) is 0 Å². The molecule has 1 fully saturated rings. The van der Waals surface area contributed by atoms with E-state index in [2.05, 4.69) is 36.7 Å². The normalized spacial score (nSPS) is 28.5. The highest BCUT2D eigenvalue weighted by Gasteiger charge is 2.40. The van der Waals surface area contributed by atoms with Crippen molar-refractivity contribution in [3.8, 4) is 0 Å². The minimum atomic E-state index is -0.0566. The monoisotopic (exact) mass is 292 g/mol. The first kappa shape index (κ1) is 14.5. The maximum Gasteiger partial charge on any atom is 0.0895 e. The van der Waals surface area contributed by atoms with Crippen molar-refractivity contribution >= 4 is 15.9 Å². The van der Waals surface area contributed by atoms with Crippen LogP contribution in [0.4, 0.5) is 0 Å². The summed E-state index contributed by atoms with van der Waals surface area (Å²) >= 11 is 3.43. The van der Waals surface area contributed by atoms with E-state index in [0.717, 1.165) is 37.8 Å². The summed E-state index contributed by atoms with van der Waals surface area (Å²) in [6, 6.07) is 0. The van der Waals surface area contributed by atoms with Crippen molar-refractivity contribution in [2.75, 3.05) is 18.5 Å². The van der Waals surface area contributed by atoms with Gasteiger partial charge in [0.25, 0.3) is 0 Å². The summed E-state index contributed by atoms with van der Waals surface area (Å²) in [6.07, 6.45) is 5.89. The van der Waals surface area contributed by atoms with Gasteiger partial charge in [-0.1, -0.05) is 22.4 Å². The summed E-state index contributed by atoms with van der Waals surface area (Å²) in [5, 5.41) is 1.10. The quantitative estimate of drug-likeness (QED) is 0.523. The Bertz CT molecular complexity index is 206. The maximum absolute atomic E-state index is 6.03. The van der Waals surface area contributed by atoms with Crippen molar-refractivity contribution in [3.05, 3.63) is 0 Å². The molecule has 1 aliphatic rings. The zero-order valence-corrected chi connectivity index (χ0v) is 12.4. The van der Waals surface area contributed by atoms with Crippen molar-refractivity contribution in [1.82, 2.24) is 0 Å². The Balaban J connectivity index is 2.09. The predicted octanol–water partition coefficient (Wildman–Crippen LogP) is 3.92. The predicted molar refractivity (Wildman–Crippen MR) is 71.3 cm³/mol. The Kier molecular flexibility index (Phi) is 5.75. The lowest BCUT2D eigenvalue weighted by Gasteiger charge is -2.27. The molecule has 0 aromatic rings. The van der Waals surface area contributed by atoms with Gasteiger partial charge in [0.1, 0.15) is 0 Å². The third kappa shape index (κ3) is 5.15. The lowest BCUT2D eigenvalue weighted by Crippen LogP contribution is -2.33. The van der Waals surface area contributed by atoms with Crippen molar-refractivity contribution in [2.45, 2.75) is 64.1 Å². The average molecular weight is 293 g/mol. The third-order valence-corrected chi connectivity index (χ3v) is 3.67. The summed E-state index contributed by atoms with van der Waals surface area (Å²) in [5.41, 5.74) is -0.0208. The van der Waals surface area contributed by atoms with E-state index in [9.17, 15) is 0 Å². The molecule has 0 bridgehead atoms. The average Bonchev–Trinajstić information content (AvgIpc) is 2.47. The summed E-state index contributed by atoms with van der Waals surface area (Å²) in [4.78, 5) is 0. The number of ether oxygens (including phenoxy) is 2. The van der Waals surface area contributed by atoms with Crippen molar-refractivity contribution in [1.29, 1.82) is 0 Å². The van der Waals surface area contributed by atoms with E-state index in [1.165, 1.54) is 12.8 Å². The fourth-order valence-corrected chi connectivity index (χ4v) is 2.60. The molecule has 0 aromatic carbocycles. The zero-order valence-electron chi connectivity index (χ0n) is 10.9. The Hall–Kier alpha value is 0.400. The fourth-order valence-electron chi connectivity index (χ4n) is 2.20. The third-order valence-electron chi connectivity index (χ3n) is 3.11. The maximum atomic E-state index is 6.03. The SMILES string of the molecule is CC1(C)CC[C@](C)(COCCCCCBr)O1. The molecule has 0 saturated carbocycles. The highest BCUT2D eigenvalue weighted by molar-refractivity contribution is 9.09. The van der Waals surface area contributed by atoms with Gasteiger partial charge in [-0.05, 0) is 46.5 Å². The Morgan fingerprint density at radius 1 is 1.12 bits per heavy atom. The van der Waals surface area contributed by atoms with Gasteiger partial charge in [-0.3, -0.25) is 0 Å². The van der Waals surface area contributed by atoms with E-state index < -0.39 is 0 Å². The van der Waals surface area contributed by atoms with Crippen LogP contribution < -0.4 is 0 Å². The minimum Gasteiger partial charge on any atom is -0.378 e. The second kappa shape index (κ2) is 6.36. The van der Waals surface area contributed by atoms with Crippen LogP contribution in [0.15, 0.2) is 0 Å². The van der Waals surface area contributed by atoms with Gasteiger partial charge in [0, 0.05) is 11.9 Å². The van der Waals surface area contributed by atoms with Crippen LogP contribution >= 0.6 is 15.9 Å². The molecule has 0 spiro atoms. The van der Waals surface area contributed by atoms with Crippen molar-refractivity contribution in [3.63, 3.8) is 0 Å². The lowest BCUT2D eigenvalue weighted by atomic mass is 10.0. The van der Waals surface area contributed by atoms with Crippen LogP contribution in [0.5, 0.6) is 0 Å². The number of rotatable bonds is 7. The standard InChI is InChI=1S/C13H25BrO2/c1-12(2)7-8-13(3,16-12)11-15-10-6-4-5-9-14/h4-11H2,1-3H3/t13-/m1/s1. The smallest absolute Gasteiger partial charge is 0.0895 e. The van der Waals surface area contributed by atoms with Gasteiger partial charge in [-0.25, -0.2) is 0 Å². The first-order chi connectivity index (χ1) is 7.47. The molecular formula is C13H25BrO2. The lowest BCUT2D eigenvalue weighted by molar-refractivity contribution is -0.112. The number of unbranched alkanes of at least 4 members (excludes halogenated alkanes) is 2. The van der Waals surface area contributed by atoms with Crippen LogP contribution in [0.3, 0.4) is 0 Å². The van der Waals surface area contributed by atoms with E-state index >= 15 is 0 Å². The second-order valence-electron chi connectivity index (χ2n) is 5.61. The van der Waals surface area contributed by atoms with Gasteiger partial charge in [0.05, 0.1) is 17.8 Å². The van der Waals surface area contributed by atoms with Gasteiger partial charge in [-0.15, -0.1) is 0 Å². The molecule has 1 rings (SSSR count). The molecule has 1 aliphatic heterocycles. The molecule has 96 valence electrons. The first-order valence-corrected chi connectivity index (χ1v) is 7.43. The van der Waals surface area contributed by atoms with Gasteiger partial charge in [0.15, 0.2) is 0 Å². The molecule has 0 aliphatic carbocycles. The Labute approximate surface area is 108 Å². The van der Waals surface area contributed by atoms with Gasteiger partial charge >= 0.3 is 0 Å². The number of hydrogen-bond donors (Lipinski definition) is 0. The zero-order chi connectivity index (χ0) is 12.1. The molecule has 2 nitrogen and oxygen atoms in total. The van der Waals surface area contributed by atoms with Crippen LogP contribution in [0.25, 0.3) is 0 Å². The number of hydrogen-bond acceptors (Lipinski definition) is 2. The first-order valence-electron chi connectivity index (χ1n) is 6.31. The number of alkyl halides is 1.